The minimum atomic E-state index is -0.302. The zero-order valence-electron chi connectivity index (χ0n) is 7.22. The van der Waals surface area contributed by atoms with E-state index in [4.69, 9.17) is 20.5 Å². The van der Waals surface area contributed by atoms with Crippen molar-refractivity contribution in [3.8, 4) is 0 Å². The number of fused-ring (bicyclic) bond motifs is 1. The Morgan fingerprint density at radius 3 is 1.71 bits per heavy atom. The van der Waals surface area contributed by atoms with E-state index in [9.17, 15) is 0 Å². The second-order valence-corrected chi connectivity index (χ2v) is 3.14. The van der Waals surface area contributed by atoms with E-state index < -0.39 is 0 Å². The number of ether oxygens (including phenoxy) is 2. The van der Waals surface area contributed by atoms with Gasteiger partial charge in [0, 0.05) is 9.82 Å². The molecule has 2 aliphatic heterocycles. The van der Waals surface area contributed by atoms with Crippen LogP contribution in [0.2, 0.25) is 0 Å². The van der Waals surface area contributed by atoms with Crippen molar-refractivity contribution in [3.63, 3.8) is 0 Å². The van der Waals surface area contributed by atoms with Crippen LogP contribution in [0.5, 0.6) is 0 Å². The Labute approximate surface area is 79.0 Å². The minimum Gasteiger partial charge on any atom is -0.374 e. The lowest BCUT2D eigenvalue weighted by atomic mass is 10.1. The van der Waals surface area contributed by atoms with Gasteiger partial charge in [-0.3, -0.25) is 0 Å². The molecule has 2 saturated heterocycles. The van der Waals surface area contributed by atoms with E-state index in [0.717, 1.165) is 0 Å². The van der Waals surface area contributed by atoms with E-state index in [2.05, 4.69) is 20.1 Å². The predicted molar refractivity (Wildman–Crippen MR) is 45.3 cm³/mol. The fourth-order valence-electron chi connectivity index (χ4n) is 1.79. The fourth-order valence-corrected chi connectivity index (χ4v) is 1.79. The highest BCUT2D eigenvalue weighted by Crippen LogP contribution is 2.30. The Morgan fingerprint density at radius 1 is 0.929 bits per heavy atom. The topological polar surface area (TPSA) is 116 Å². The van der Waals surface area contributed by atoms with Crippen molar-refractivity contribution in [1.29, 1.82) is 0 Å². The maximum absolute atomic E-state index is 8.28. The SMILES string of the molecule is [N-]=[N+]=N[C@H]1COC2C1OC[C@H]2N=[N+]=[N-]. The first-order valence-corrected chi connectivity index (χ1v) is 4.18. The molecule has 0 bridgehead atoms. The molecule has 0 amide bonds. The van der Waals surface area contributed by atoms with Gasteiger partial charge in [-0.05, 0) is 11.1 Å². The summed E-state index contributed by atoms with van der Waals surface area (Å²) < 4.78 is 10.7. The van der Waals surface area contributed by atoms with Crippen molar-refractivity contribution < 1.29 is 9.47 Å². The van der Waals surface area contributed by atoms with Gasteiger partial charge in [0.05, 0.1) is 37.5 Å². The second kappa shape index (κ2) is 3.73. The van der Waals surface area contributed by atoms with Crippen LogP contribution >= 0.6 is 0 Å². The number of nitrogens with zero attached hydrogens (tertiary/aromatic N) is 6. The van der Waals surface area contributed by atoms with E-state index in [0.29, 0.717) is 13.2 Å². The van der Waals surface area contributed by atoms with E-state index in [1.165, 1.54) is 0 Å². The van der Waals surface area contributed by atoms with Gasteiger partial charge in [-0.1, -0.05) is 10.2 Å². The quantitative estimate of drug-likeness (QED) is 0.374. The second-order valence-electron chi connectivity index (χ2n) is 3.14. The minimum absolute atomic E-state index is 0.263. The molecule has 0 saturated carbocycles. The summed E-state index contributed by atoms with van der Waals surface area (Å²) in [7, 11) is 0. The maximum atomic E-state index is 8.28. The first-order valence-electron chi connectivity index (χ1n) is 4.18. The van der Waals surface area contributed by atoms with Gasteiger partial charge in [-0.2, -0.15) is 0 Å². The Bertz CT molecular complexity index is 288. The first-order chi connectivity index (χ1) is 6.86. The van der Waals surface area contributed by atoms with Gasteiger partial charge in [0.25, 0.3) is 0 Å². The Hall–Kier alpha value is -1.46. The number of rotatable bonds is 2. The summed E-state index contributed by atoms with van der Waals surface area (Å²) in [5.41, 5.74) is 16.6. The predicted octanol–water partition coefficient (Wildman–Crippen LogP) is 1.14. The van der Waals surface area contributed by atoms with Crippen LogP contribution < -0.4 is 0 Å². The van der Waals surface area contributed by atoms with Crippen molar-refractivity contribution >= 4 is 0 Å². The van der Waals surface area contributed by atoms with Gasteiger partial charge in [0.1, 0.15) is 0 Å². The van der Waals surface area contributed by atoms with Crippen LogP contribution in [-0.2, 0) is 9.47 Å². The molecule has 0 aromatic rings. The molecular formula is C6H8N6O2. The van der Waals surface area contributed by atoms with Crippen molar-refractivity contribution in [2.75, 3.05) is 13.2 Å². The van der Waals surface area contributed by atoms with Gasteiger partial charge in [-0.25, -0.2) is 0 Å². The van der Waals surface area contributed by atoms with Gasteiger partial charge in [0.2, 0.25) is 0 Å². The normalized spacial score (nSPS) is 39.7. The summed E-state index contributed by atoms with van der Waals surface area (Å²) in [5.74, 6) is 0. The molecule has 2 heterocycles. The van der Waals surface area contributed by atoms with Crippen LogP contribution in [0.3, 0.4) is 0 Å². The number of azide groups is 2. The van der Waals surface area contributed by atoms with Crippen molar-refractivity contribution in [2.24, 2.45) is 10.2 Å². The lowest BCUT2D eigenvalue weighted by molar-refractivity contribution is 0.0692. The molecule has 2 aliphatic rings. The van der Waals surface area contributed by atoms with Crippen LogP contribution in [0.15, 0.2) is 10.2 Å². The van der Waals surface area contributed by atoms with Crippen LogP contribution in [0.25, 0.3) is 20.9 Å². The zero-order chi connectivity index (χ0) is 9.97. The molecule has 0 aliphatic carbocycles. The van der Waals surface area contributed by atoms with Crippen LogP contribution in [0, 0.1) is 0 Å². The maximum Gasteiger partial charge on any atom is 0.0948 e. The summed E-state index contributed by atoms with van der Waals surface area (Å²) in [4.78, 5) is 5.42. The molecule has 4 atom stereocenters. The van der Waals surface area contributed by atoms with Crippen LogP contribution in [-0.4, -0.2) is 37.5 Å². The van der Waals surface area contributed by atoms with Crippen molar-refractivity contribution in [3.05, 3.63) is 20.9 Å². The smallest absolute Gasteiger partial charge is 0.0948 e. The fraction of sp³-hybridized carbons (Fsp3) is 1.00. The summed E-state index contributed by atoms with van der Waals surface area (Å²) in [6, 6.07) is -0.604. The molecule has 2 fully saturated rings. The molecule has 8 heteroatoms. The molecule has 0 radical (unpaired) electrons. The number of hydrogen-bond donors (Lipinski definition) is 0. The molecule has 0 N–H and O–H groups in total. The molecule has 8 nitrogen and oxygen atoms in total. The van der Waals surface area contributed by atoms with Crippen LogP contribution in [0.4, 0.5) is 0 Å². The Balaban J connectivity index is 2.11. The monoisotopic (exact) mass is 196 g/mol. The molecule has 74 valence electrons. The summed E-state index contributed by atoms with van der Waals surface area (Å²) in [5, 5.41) is 7.11. The van der Waals surface area contributed by atoms with Crippen molar-refractivity contribution in [1.82, 2.24) is 0 Å². The number of hydrogen-bond acceptors (Lipinski definition) is 4. The lowest BCUT2D eigenvalue weighted by Crippen LogP contribution is -2.29. The Morgan fingerprint density at radius 2 is 1.36 bits per heavy atom. The van der Waals surface area contributed by atoms with E-state index in [1.54, 1.807) is 0 Å². The largest absolute Gasteiger partial charge is 0.374 e. The van der Waals surface area contributed by atoms with Gasteiger partial charge in [0.15, 0.2) is 0 Å². The molecule has 2 unspecified atom stereocenters. The van der Waals surface area contributed by atoms with E-state index in [-0.39, 0.29) is 24.3 Å². The molecule has 0 aromatic heterocycles. The average Bonchev–Trinajstić information content (AvgIpc) is 2.72. The third-order valence-corrected chi connectivity index (χ3v) is 2.40. The average molecular weight is 196 g/mol. The molecule has 0 aromatic carbocycles. The van der Waals surface area contributed by atoms with E-state index >= 15 is 0 Å². The zero-order valence-corrected chi connectivity index (χ0v) is 7.22. The van der Waals surface area contributed by atoms with Crippen LogP contribution in [0.1, 0.15) is 0 Å². The van der Waals surface area contributed by atoms with Gasteiger partial charge in [-0.15, -0.1) is 0 Å². The lowest BCUT2D eigenvalue weighted by Gasteiger charge is -2.10. The Kier molecular flexibility index (Phi) is 2.43. The molecule has 2 rings (SSSR count). The van der Waals surface area contributed by atoms with Gasteiger partial charge >= 0.3 is 0 Å². The highest BCUT2D eigenvalue weighted by atomic mass is 16.6. The standard InChI is InChI=1S/C6H8N6O2/c7-11-9-3-1-13-6-4(10-12-8)2-14-5(3)6/h3-6H,1-2H2/t3-,4+,5?,6?. The summed E-state index contributed by atoms with van der Waals surface area (Å²) in [6.07, 6.45) is -0.525. The molecule has 0 spiro atoms. The molecule has 14 heavy (non-hydrogen) atoms. The summed E-state index contributed by atoms with van der Waals surface area (Å²) >= 11 is 0. The highest BCUT2D eigenvalue weighted by molar-refractivity contribution is 5.00. The molecular weight excluding hydrogens is 188 g/mol. The van der Waals surface area contributed by atoms with E-state index in [1.807, 2.05) is 0 Å². The third kappa shape index (κ3) is 1.36. The summed E-state index contributed by atoms with van der Waals surface area (Å²) in [6.45, 7) is 0.660. The third-order valence-electron chi connectivity index (χ3n) is 2.40. The first kappa shape index (κ1) is 9.11. The van der Waals surface area contributed by atoms with Gasteiger partial charge < -0.3 is 9.47 Å². The highest BCUT2D eigenvalue weighted by Gasteiger charge is 2.46. The van der Waals surface area contributed by atoms with Crippen molar-refractivity contribution in [2.45, 2.75) is 24.3 Å².